The largest absolute Gasteiger partial charge is 0.455 e. The molecule has 0 bridgehead atoms. The van der Waals surface area contributed by atoms with E-state index in [0.717, 1.165) is 55.5 Å². The minimum Gasteiger partial charge on any atom is -0.455 e. The molecule has 0 aliphatic carbocycles. The number of rotatable bonds is 7. The Morgan fingerprint density at radius 2 is 0.984 bits per heavy atom. The predicted molar refractivity (Wildman–Crippen MR) is 261 cm³/mol. The molecule has 61 heavy (non-hydrogen) atoms. The summed E-state index contributed by atoms with van der Waals surface area (Å²) in [4.78, 5) is 2.40. The van der Waals surface area contributed by atoms with Crippen LogP contribution in [0.2, 0.25) is 0 Å². The Morgan fingerprint density at radius 1 is 0.328 bits per heavy atom. The predicted octanol–water partition coefficient (Wildman–Crippen LogP) is 17.2. The first-order valence-corrected chi connectivity index (χ1v) is 21.6. The van der Waals surface area contributed by atoms with E-state index in [-0.39, 0.29) is 0 Å². The van der Waals surface area contributed by atoms with Crippen LogP contribution < -0.4 is 4.90 Å². The lowest BCUT2D eigenvalue weighted by atomic mass is 9.91. The van der Waals surface area contributed by atoms with Gasteiger partial charge in [0, 0.05) is 53.4 Å². The van der Waals surface area contributed by atoms with Crippen LogP contribution in [0.4, 0.5) is 17.1 Å². The number of nitrogens with zero attached hydrogens (tertiary/aromatic N) is 1. The van der Waals surface area contributed by atoms with Crippen molar-refractivity contribution in [2.75, 3.05) is 4.90 Å². The fraction of sp³-hybridized carbons (Fsp3) is 0. The monoisotopic (exact) mass is 795 g/mol. The van der Waals surface area contributed by atoms with Gasteiger partial charge in [0.05, 0.1) is 0 Å². The number of fused-ring (bicyclic) bond motifs is 8. The molecule has 2 aromatic heterocycles. The van der Waals surface area contributed by atoms with Crippen molar-refractivity contribution in [1.29, 1.82) is 0 Å². The van der Waals surface area contributed by atoms with Gasteiger partial charge in [0.1, 0.15) is 11.2 Å². The summed E-state index contributed by atoms with van der Waals surface area (Å²) in [5.41, 5.74) is 14.6. The number of hydrogen-bond acceptors (Lipinski definition) is 3. The van der Waals surface area contributed by atoms with Crippen LogP contribution in [0.3, 0.4) is 0 Å². The number of furan rings is 1. The Morgan fingerprint density at radius 3 is 1.82 bits per heavy atom. The molecule has 12 aromatic rings. The first-order valence-electron chi connectivity index (χ1n) is 20.7. The third-order valence-electron chi connectivity index (χ3n) is 12.1. The summed E-state index contributed by atoms with van der Waals surface area (Å²) >= 11 is 1.85. The lowest BCUT2D eigenvalue weighted by molar-refractivity contribution is 0.673. The second-order valence-corrected chi connectivity index (χ2v) is 16.7. The molecule has 0 aliphatic rings. The summed E-state index contributed by atoms with van der Waals surface area (Å²) in [6, 6.07) is 81.2. The van der Waals surface area contributed by atoms with E-state index in [0.29, 0.717) is 0 Å². The smallest absolute Gasteiger partial charge is 0.143 e. The highest BCUT2D eigenvalue weighted by Crippen LogP contribution is 2.44. The van der Waals surface area contributed by atoms with E-state index in [1.807, 2.05) is 11.3 Å². The van der Waals surface area contributed by atoms with Gasteiger partial charge in [0.15, 0.2) is 0 Å². The van der Waals surface area contributed by atoms with Crippen molar-refractivity contribution in [3.05, 3.63) is 224 Å². The van der Waals surface area contributed by atoms with E-state index < -0.39 is 0 Å². The van der Waals surface area contributed by atoms with Crippen LogP contribution in [0, 0.1) is 0 Å². The fourth-order valence-corrected chi connectivity index (χ4v) is 10.2. The average molecular weight is 796 g/mol. The van der Waals surface area contributed by atoms with Gasteiger partial charge in [-0.2, -0.15) is 0 Å². The van der Waals surface area contributed by atoms with Crippen molar-refractivity contribution in [2.45, 2.75) is 0 Å². The SMILES string of the molecule is c1ccc(-c2ccc(-c3ccc(N(c4cccc(-c5cccc6oc7c8ccccc8ccc7c56)c4)c4ccc5sc6ccccc6c5c4)cc3)cc2-c2ccccc2)cc1. The third-order valence-corrected chi connectivity index (χ3v) is 13.2. The van der Waals surface area contributed by atoms with Gasteiger partial charge in [-0.15, -0.1) is 11.3 Å². The maximum atomic E-state index is 6.61. The normalized spacial score (nSPS) is 11.6. The van der Waals surface area contributed by atoms with Crippen molar-refractivity contribution in [3.63, 3.8) is 0 Å². The molecule has 286 valence electrons. The molecule has 0 fully saturated rings. The quantitative estimate of drug-likeness (QED) is 0.160. The topological polar surface area (TPSA) is 16.4 Å². The van der Waals surface area contributed by atoms with Gasteiger partial charge in [-0.3, -0.25) is 0 Å². The fourth-order valence-electron chi connectivity index (χ4n) is 9.16. The Balaban J connectivity index is 0.998. The molecule has 2 nitrogen and oxygen atoms in total. The molecule has 0 spiro atoms. The number of thiophene rings is 1. The third kappa shape index (κ3) is 6.09. The van der Waals surface area contributed by atoms with Gasteiger partial charge in [-0.05, 0) is 117 Å². The molecule has 0 saturated carbocycles. The Kier molecular flexibility index (Phi) is 8.39. The average Bonchev–Trinajstić information content (AvgIpc) is 3.91. The lowest BCUT2D eigenvalue weighted by Crippen LogP contribution is -2.10. The number of hydrogen-bond donors (Lipinski definition) is 0. The van der Waals surface area contributed by atoms with Gasteiger partial charge in [-0.25, -0.2) is 0 Å². The molecule has 0 aliphatic heterocycles. The van der Waals surface area contributed by atoms with Crippen molar-refractivity contribution < 1.29 is 4.42 Å². The molecule has 0 unspecified atom stereocenters. The molecule has 0 atom stereocenters. The summed E-state index contributed by atoms with van der Waals surface area (Å²) < 4.78 is 9.20. The van der Waals surface area contributed by atoms with Crippen LogP contribution in [0.1, 0.15) is 0 Å². The molecular weight excluding hydrogens is 759 g/mol. The van der Waals surface area contributed by atoms with Gasteiger partial charge >= 0.3 is 0 Å². The zero-order valence-electron chi connectivity index (χ0n) is 33.1. The first-order chi connectivity index (χ1) is 30.2. The van der Waals surface area contributed by atoms with Crippen LogP contribution in [-0.4, -0.2) is 0 Å². The summed E-state index contributed by atoms with van der Waals surface area (Å²) in [6.07, 6.45) is 0. The van der Waals surface area contributed by atoms with Crippen molar-refractivity contribution in [1.82, 2.24) is 0 Å². The van der Waals surface area contributed by atoms with Crippen molar-refractivity contribution in [2.24, 2.45) is 0 Å². The molecular formula is C58H37NOS. The van der Waals surface area contributed by atoms with Crippen LogP contribution in [0.25, 0.3) is 97.4 Å². The summed E-state index contributed by atoms with van der Waals surface area (Å²) in [7, 11) is 0. The van der Waals surface area contributed by atoms with Gasteiger partial charge in [0.25, 0.3) is 0 Å². The lowest BCUT2D eigenvalue weighted by Gasteiger charge is -2.26. The van der Waals surface area contributed by atoms with Crippen molar-refractivity contribution in [3.8, 4) is 44.5 Å². The van der Waals surface area contributed by atoms with Crippen LogP contribution in [0.5, 0.6) is 0 Å². The molecule has 12 rings (SSSR count). The Bertz CT molecular complexity index is 3580. The summed E-state index contributed by atoms with van der Waals surface area (Å²) in [6.45, 7) is 0. The van der Waals surface area contributed by atoms with Crippen LogP contribution in [-0.2, 0) is 0 Å². The molecule has 0 radical (unpaired) electrons. The second kappa shape index (κ2) is 14.5. The molecule has 0 saturated heterocycles. The van der Waals surface area contributed by atoms with Gasteiger partial charge in [-0.1, -0.05) is 158 Å². The maximum Gasteiger partial charge on any atom is 0.143 e. The highest BCUT2D eigenvalue weighted by Gasteiger charge is 2.19. The first kappa shape index (κ1) is 35.2. The maximum absolute atomic E-state index is 6.61. The van der Waals surface area contributed by atoms with Crippen molar-refractivity contribution >= 4 is 81.3 Å². The summed E-state index contributed by atoms with van der Waals surface area (Å²) in [5, 5.41) is 7.12. The van der Waals surface area contributed by atoms with E-state index in [4.69, 9.17) is 4.42 Å². The van der Waals surface area contributed by atoms with Gasteiger partial charge in [0.2, 0.25) is 0 Å². The number of anilines is 3. The van der Waals surface area contributed by atoms with E-state index in [1.165, 1.54) is 58.9 Å². The van der Waals surface area contributed by atoms with Crippen LogP contribution in [0.15, 0.2) is 229 Å². The zero-order valence-corrected chi connectivity index (χ0v) is 33.9. The number of benzene rings is 10. The standard InChI is InChI=1S/C58H37NOS/c1-3-13-39(14-4-1)47-32-28-42(36-52(47)40-15-5-2-6-16-40)38-25-29-44(30-26-38)59(46-31-34-56-53(37-46)50-21-9-10-24-55(50)61-56)45-19-11-18-43(35-45)48-22-12-23-54-57(48)51-33-27-41-17-7-8-20-49(41)58(51)60-54/h1-37H. The van der Waals surface area contributed by atoms with E-state index >= 15 is 0 Å². The minimum atomic E-state index is 0.892. The zero-order chi connectivity index (χ0) is 40.3. The molecule has 10 aromatic carbocycles. The second-order valence-electron chi connectivity index (χ2n) is 15.6. The highest BCUT2D eigenvalue weighted by molar-refractivity contribution is 7.25. The Hall–Kier alpha value is -7.72. The molecule has 2 heterocycles. The Labute approximate surface area is 357 Å². The van der Waals surface area contributed by atoms with Gasteiger partial charge < -0.3 is 9.32 Å². The van der Waals surface area contributed by atoms with E-state index in [2.05, 4.69) is 229 Å². The molecule has 0 amide bonds. The summed E-state index contributed by atoms with van der Waals surface area (Å²) in [5.74, 6) is 0. The molecule has 0 N–H and O–H groups in total. The van der Waals surface area contributed by atoms with E-state index in [1.54, 1.807) is 0 Å². The minimum absolute atomic E-state index is 0.892. The van der Waals surface area contributed by atoms with Crippen LogP contribution >= 0.6 is 11.3 Å². The highest BCUT2D eigenvalue weighted by atomic mass is 32.1. The van der Waals surface area contributed by atoms with E-state index in [9.17, 15) is 0 Å². The molecule has 3 heteroatoms.